The number of hydrogen-bond acceptors (Lipinski definition) is 3. The number of carbonyl (C=O) groups excluding carboxylic acids is 1. The van der Waals surface area contributed by atoms with Gasteiger partial charge in [0.25, 0.3) is 5.91 Å². The molecule has 4 nitrogen and oxygen atoms in total. The average Bonchev–Trinajstić information content (AvgIpc) is 2.68. The van der Waals surface area contributed by atoms with E-state index in [4.69, 9.17) is 4.74 Å². The molecule has 0 unspecified atom stereocenters. The van der Waals surface area contributed by atoms with Gasteiger partial charge in [-0.2, -0.15) is 0 Å². The largest absolute Gasteiger partial charge is 0.496 e. The number of piperidine rings is 1. The van der Waals surface area contributed by atoms with Crippen molar-refractivity contribution < 1.29 is 9.53 Å². The Morgan fingerprint density at radius 3 is 2.40 bits per heavy atom. The van der Waals surface area contributed by atoms with E-state index >= 15 is 0 Å². The summed E-state index contributed by atoms with van der Waals surface area (Å²) in [6.07, 6.45) is 3.81. The minimum atomic E-state index is -0.120. The summed E-state index contributed by atoms with van der Waals surface area (Å²) in [7, 11) is 1.65. The Morgan fingerprint density at radius 2 is 1.72 bits per heavy atom. The summed E-state index contributed by atoms with van der Waals surface area (Å²) in [6, 6.07) is 15.6. The Bertz CT molecular complexity index is 706. The Hall–Kier alpha value is -2.49. The zero-order valence-electron chi connectivity index (χ0n) is 15.0. The van der Waals surface area contributed by atoms with Gasteiger partial charge in [-0.3, -0.25) is 4.79 Å². The van der Waals surface area contributed by atoms with Crippen LogP contribution in [-0.2, 0) is 0 Å². The molecule has 1 N–H and O–H groups in total. The quantitative estimate of drug-likeness (QED) is 0.889. The number of ether oxygens (including phenoxy) is 1. The van der Waals surface area contributed by atoms with Gasteiger partial charge in [0.15, 0.2) is 0 Å². The molecule has 1 fully saturated rings. The van der Waals surface area contributed by atoms with Crippen LogP contribution in [0.25, 0.3) is 0 Å². The number of amides is 1. The van der Waals surface area contributed by atoms with Gasteiger partial charge in [-0.1, -0.05) is 18.2 Å². The van der Waals surface area contributed by atoms with Crippen LogP contribution in [0.4, 0.5) is 5.69 Å². The van der Waals surface area contributed by atoms with E-state index in [1.54, 1.807) is 7.11 Å². The summed E-state index contributed by atoms with van der Waals surface area (Å²) in [6.45, 7) is 4.19. The van der Waals surface area contributed by atoms with E-state index in [0.717, 1.165) is 24.4 Å². The molecular weight excluding hydrogens is 312 g/mol. The second-order valence-corrected chi connectivity index (χ2v) is 6.53. The lowest BCUT2D eigenvalue weighted by atomic mass is 10.1. The van der Waals surface area contributed by atoms with Crippen molar-refractivity contribution in [3.05, 3.63) is 59.7 Å². The number of methoxy groups -OCH3 is 1. The maximum Gasteiger partial charge on any atom is 0.251 e. The van der Waals surface area contributed by atoms with Crippen molar-refractivity contribution in [1.82, 2.24) is 5.32 Å². The van der Waals surface area contributed by atoms with Gasteiger partial charge in [0.2, 0.25) is 0 Å². The standard InChI is InChI=1S/C21H26N2O2/c1-16(19-8-4-5-9-20(19)25-2)22-21(24)17-10-12-18(13-11-17)23-14-6-3-7-15-23/h4-5,8-13,16H,3,6-7,14-15H2,1-2H3,(H,22,24)/t16-/m0/s1. The fraction of sp³-hybridized carbons (Fsp3) is 0.381. The first-order chi connectivity index (χ1) is 12.2. The molecule has 132 valence electrons. The van der Waals surface area contributed by atoms with Crippen LogP contribution in [0.2, 0.25) is 0 Å². The number of anilines is 1. The van der Waals surface area contributed by atoms with E-state index < -0.39 is 0 Å². The first kappa shape index (κ1) is 17.3. The van der Waals surface area contributed by atoms with Gasteiger partial charge in [-0.25, -0.2) is 0 Å². The Balaban J connectivity index is 1.66. The number of benzene rings is 2. The lowest BCUT2D eigenvalue weighted by molar-refractivity contribution is 0.0939. The molecule has 1 saturated heterocycles. The third kappa shape index (κ3) is 4.13. The van der Waals surface area contributed by atoms with Crippen molar-refractivity contribution in [2.75, 3.05) is 25.1 Å². The van der Waals surface area contributed by atoms with Crippen LogP contribution >= 0.6 is 0 Å². The second-order valence-electron chi connectivity index (χ2n) is 6.53. The summed E-state index contributed by atoms with van der Waals surface area (Å²) in [4.78, 5) is 14.9. The van der Waals surface area contributed by atoms with Crippen molar-refractivity contribution in [1.29, 1.82) is 0 Å². The van der Waals surface area contributed by atoms with Gasteiger partial charge in [0.1, 0.15) is 5.75 Å². The lowest BCUT2D eigenvalue weighted by Crippen LogP contribution is -2.29. The van der Waals surface area contributed by atoms with Gasteiger partial charge in [0.05, 0.1) is 13.2 Å². The molecule has 25 heavy (non-hydrogen) atoms. The first-order valence-corrected chi connectivity index (χ1v) is 8.98. The summed E-state index contributed by atoms with van der Waals surface area (Å²) >= 11 is 0. The van der Waals surface area contributed by atoms with E-state index in [2.05, 4.69) is 10.2 Å². The van der Waals surface area contributed by atoms with Gasteiger partial charge in [0, 0.05) is 29.9 Å². The molecule has 0 radical (unpaired) electrons. The minimum absolute atomic E-state index is 0.0661. The van der Waals surface area contributed by atoms with E-state index in [1.807, 2.05) is 55.5 Å². The molecule has 0 spiro atoms. The van der Waals surface area contributed by atoms with E-state index in [1.165, 1.54) is 24.9 Å². The highest BCUT2D eigenvalue weighted by atomic mass is 16.5. The Morgan fingerprint density at radius 1 is 1.04 bits per heavy atom. The maximum atomic E-state index is 12.6. The van der Waals surface area contributed by atoms with Crippen LogP contribution < -0.4 is 15.0 Å². The zero-order chi connectivity index (χ0) is 17.6. The number of nitrogens with one attached hydrogen (secondary N) is 1. The van der Waals surface area contributed by atoms with Gasteiger partial charge in [-0.15, -0.1) is 0 Å². The molecule has 1 aliphatic heterocycles. The highest BCUT2D eigenvalue weighted by Crippen LogP contribution is 2.25. The van der Waals surface area contributed by atoms with E-state index in [0.29, 0.717) is 5.56 Å². The molecule has 1 aliphatic rings. The number of nitrogens with zero attached hydrogens (tertiary/aromatic N) is 1. The van der Waals surface area contributed by atoms with Gasteiger partial charge >= 0.3 is 0 Å². The fourth-order valence-electron chi connectivity index (χ4n) is 3.36. The van der Waals surface area contributed by atoms with Crippen LogP contribution in [0, 0.1) is 0 Å². The molecule has 0 aromatic heterocycles. The molecule has 2 aromatic rings. The van der Waals surface area contributed by atoms with Gasteiger partial charge in [-0.05, 0) is 56.5 Å². The molecule has 3 rings (SSSR count). The molecule has 2 aromatic carbocycles. The lowest BCUT2D eigenvalue weighted by Gasteiger charge is -2.28. The topological polar surface area (TPSA) is 41.6 Å². The number of carbonyl (C=O) groups is 1. The zero-order valence-corrected chi connectivity index (χ0v) is 15.0. The van der Waals surface area contributed by atoms with E-state index in [-0.39, 0.29) is 11.9 Å². The molecule has 1 amide bonds. The number of para-hydroxylation sites is 1. The summed E-state index contributed by atoms with van der Waals surface area (Å²) in [5, 5.41) is 3.05. The molecule has 1 atom stereocenters. The summed E-state index contributed by atoms with van der Waals surface area (Å²) in [5.74, 6) is 0.722. The minimum Gasteiger partial charge on any atom is -0.496 e. The molecular formula is C21H26N2O2. The molecule has 1 heterocycles. The van der Waals surface area contributed by atoms with Crippen LogP contribution in [0.15, 0.2) is 48.5 Å². The van der Waals surface area contributed by atoms with Crippen molar-refractivity contribution in [3.8, 4) is 5.75 Å². The summed E-state index contributed by atoms with van der Waals surface area (Å²) < 4.78 is 5.38. The predicted octanol–water partition coefficient (Wildman–Crippen LogP) is 4.18. The van der Waals surface area contributed by atoms with E-state index in [9.17, 15) is 4.79 Å². The van der Waals surface area contributed by atoms with Crippen molar-refractivity contribution >= 4 is 11.6 Å². The predicted molar refractivity (Wildman–Crippen MR) is 101 cm³/mol. The van der Waals surface area contributed by atoms with Crippen LogP contribution in [-0.4, -0.2) is 26.1 Å². The molecule has 0 bridgehead atoms. The molecule has 4 heteroatoms. The molecule has 0 saturated carbocycles. The van der Waals surface area contributed by atoms with Gasteiger partial charge < -0.3 is 15.0 Å². The van der Waals surface area contributed by atoms with Crippen molar-refractivity contribution in [2.45, 2.75) is 32.2 Å². The highest BCUT2D eigenvalue weighted by molar-refractivity contribution is 5.94. The fourth-order valence-corrected chi connectivity index (χ4v) is 3.36. The third-order valence-corrected chi connectivity index (χ3v) is 4.80. The Kier molecular flexibility index (Phi) is 5.59. The highest BCUT2D eigenvalue weighted by Gasteiger charge is 2.16. The SMILES string of the molecule is COc1ccccc1[C@H](C)NC(=O)c1ccc(N2CCCCC2)cc1. The first-order valence-electron chi connectivity index (χ1n) is 8.98. The second kappa shape index (κ2) is 8.06. The van der Waals surface area contributed by atoms with Crippen molar-refractivity contribution in [3.63, 3.8) is 0 Å². The summed E-state index contributed by atoms with van der Waals surface area (Å²) in [5.41, 5.74) is 2.86. The smallest absolute Gasteiger partial charge is 0.251 e. The monoisotopic (exact) mass is 338 g/mol. The number of hydrogen-bond donors (Lipinski definition) is 1. The molecule has 0 aliphatic carbocycles. The third-order valence-electron chi connectivity index (χ3n) is 4.80. The average molecular weight is 338 g/mol. The van der Waals surface area contributed by atoms with Crippen molar-refractivity contribution in [2.24, 2.45) is 0 Å². The van der Waals surface area contributed by atoms with Crippen LogP contribution in [0.3, 0.4) is 0 Å². The van der Waals surface area contributed by atoms with Crippen LogP contribution in [0.5, 0.6) is 5.75 Å². The number of rotatable bonds is 5. The van der Waals surface area contributed by atoms with Crippen LogP contribution in [0.1, 0.15) is 48.1 Å². The Labute approximate surface area is 149 Å². The maximum absolute atomic E-state index is 12.6. The normalized spacial score (nSPS) is 15.5.